The molecule has 1 spiro atoms. The third kappa shape index (κ3) is 3.11. The van der Waals surface area contributed by atoms with Gasteiger partial charge in [-0.3, -0.25) is 0 Å². The monoisotopic (exact) mass is 388 g/mol. The van der Waals surface area contributed by atoms with Crippen LogP contribution in [0.5, 0.6) is 0 Å². The van der Waals surface area contributed by atoms with Crippen LogP contribution in [0.1, 0.15) is 38.5 Å². The molecule has 1 saturated heterocycles. The molecule has 2 nitrogen and oxygen atoms in total. The van der Waals surface area contributed by atoms with Gasteiger partial charge in [-0.1, -0.05) is 19.3 Å². The molecule has 0 atom stereocenters. The number of benzene rings is 1. The summed E-state index contributed by atoms with van der Waals surface area (Å²) in [6.07, 6.45) is 7.76. The first-order valence-corrected chi connectivity index (χ1v) is 8.72. The zero-order valence-electron chi connectivity index (χ0n) is 11.8. The first kappa shape index (κ1) is 14.6. The molecule has 1 saturated carbocycles. The molecule has 0 unspecified atom stereocenters. The molecule has 1 heterocycles. The van der Waals surface area contributed by atoms with Crippen LogP contribution in [0.15, 0.2) is 18.2 Å². The van der Waals surface area contributed by atoms with Gasteiger partial charge in [0.15, 0.2) is 0 Å². The lowest BCUT2D eigenvalue weighted by Crippen LogP contribution is -2.52. The van der Waals surface area contributed by atoms with Gasteiger partial charge in [0.25, 0.3) is 0 Å². The van der Waals surface area contributed by atoms with E-state index < -0.39 is 0 Å². The third-order valence-electron chi connectivity index (χ3n) is 4.66. The number of nitrogens with zero attached hydrogens (tertiary/aromatic N) is 1. The van der Waals surface area contributed by atoms with Crippen LogP contribution in [-0.2, 0) is 0 Å². The van der Waals surface area contributed by atoms with Crippen molar-refractivity contribution in [2.75, 3.05) is 24.5 Å². The van der Waals surface area contributed by atoms with E-state index in [1.54, 1.807) is 12.1 Å². The van der Waals surface area contributed by atoms with E-state index in [0.29, 0.717) is 0 Å². The molecule has 1 aromatic rings. The summed E-state index contributed by atoms with van der Waals surface area (Å²) in [5.74, 6) is -0.140. The zero-order valence-corrected chi connectivity index (χ0v) is 14.0. The normalized spacial score (nSPS) is 22.8. The van der Waals surface area contributed by atoms with Gasteiger partial charge in [-0.05, 0) is 66.6 Å². The van der Waals surface area contributed by atoms with Crippen molar-refractivity contribution in [3.05, 3.63) is 27.6 Å². The van der Waals surface area contributed by atoms with Gasteiger partial charge >= 0.3 is 0 Å². The summed E-state index contributed by atoms with van der Waals surface area (Å²) in [5, 5.41) is 3.81. The van der Waals surface area contributed by atoms with Crippen LogP contribution < -0.4 is 10.2 Å². The van der Waals surface area contributed by atoms with E-state index in [1.165, 1.54) is 37.8 Å². The number of nitrogens with one attached hydrogen (secondary N) is 1. The Morgan fingerprint density at radius 1 is 1.15 bits per heavy atom. The molecule has 0 aromatic heterocycles. The zero-order chi connectivity index (χ0) is 14.0. The first-order chi connectivity index (χ1) is 9.69. The van der Waals surface area contributed by atoms with Crippen molar-refractivity contribution >= 4 is 28.3 Å². The Morgan fingerprint density at radius 3 is 2.70 bits per heavy atom. The fourth-order valence-electron chi connectivity index (χ4n) is 3.63. The molecule has 1 aliphatic heterocycles. The standard InChI is InChI=1S/C16H22FIN2/c17-13-5-6-15(14(18)11-13)20-10-4-9-19-16(12-20)7-2-1-3-8-16/h5-6,11,19H,1-4,7-10,12H2. The molecule has 1 aromatic carbocycles. The highest BCUT2D eigenvalue weighted by Gasteiger charge is 2.35. The Hall–Kier alpha value is -0.360. The van der Waals surface area contributed by atoms with Gasteiger partial charge in [0.05, 0.1) is 5.69 Å². The van der Waals surface area contributed by atoms with Crippen molar-refractivity contribution < 1.29 is 4.39 Å². The topological polar surface area (TPSA) is 15.3 Å². The lowest BCUT2D eigenvalue weighted by molar-refractivity contribution is 0.246. The maximum absolute atomic E-state index is 13.3. The highest BCUT2D eigenvalue weighted by atomic mass is 127. The maximum Gasteiger partial charge on any atom is 0.124 e. The summed E-state index contributed by atoms with van der Waals surface area (Å²) in [5.41, 5.74) is 1.48. The van der Waals surface area contributed by atoms with Crippen LogP contribution in [0.3, 0.4) is 0 Å². The van der Waals surface area contributed by atoms with Crippen molar-refractivity contribution in [2.24, 2.45) is 0 Å². The van der Waals surface area contributed by atoms with Gasteiger partial charge in [0, 0.05) is 22.2 Å². The first-order valence-electron chi connectivity index (χ1n) is 7.64. The minimum Gasteiger partial charge on any atom is -0.369 e. The average molecular weight is 388 g/mol. The Kier molecular flexibility index (Phi) is 4.50. The minimum atomic E-state index is -0.140. The molecule has 0 radical (unpaired) electrons. The molecule has 4 heteroatoms. The van der Waals surface area contributed by atoms with E-state index >= 15 is 0 Å². The molecule has 2 aliphatic rings. The van der Waals surface area contributed by atoms with Gasteiger partial charge in [-0.25, -0.2) is 4.39 Å². The summed E-state index contributed by atoms with van der Waals surface area (Å²) in [6, 6.07) is 5.17. The molecule has 110 valence electrons. The van der Waals surface area contributed by atoms with Crippen molar-refractivity contribution in [3.8, 4) is 0 Å². The molecule has 2 fully saturated rings. The second-order valence-electron chi connectivity index (χ2n) is 6.14. The van der Waals surface area contributed by atoms with Crippen LogP contribution in [0.4, 0.5) is 10.1 Å². The van der Waals surface area contributed by atoms with E-state index in [9.17, 15) is 4.39 Å². The third-order valence-corrected chi connectivity index (χ3v) is 5.52. The van der Waals surface area contributed by atoms with Crippen molar-refractivity contribution in [3.63, 3.8) is 0 Å². The number of hydrogen-bond donors (Lipinski definition) is 1. The second-order valence-corrected chi connectivity index (χ2v) is 7.30. The number of halogens is 2. The van der Waals surface area contributed by atoms with E-state index in [2.05, 4.69) is 32.8 Å². The lowest BCUT2D eigenvalue weighted by Gasteiger charge is -2.40. The molecular weight excluding hydrogens is 366 g/mol. The van der Waals surface area contributed by atoms with Crippen LogP contribution in [0, 0.1) is 9.39 Å². The quantitative estimate of drug-likeness (QED) is 0.734. The van der Waals surface area contributed by atoms with Crippen molar-refractivity contribution in [1.82, 2.24) is 5.32 Å². The Labute approximate surface area is 134 Å². The highest BCUT2D eigenvalue weighted by molar-refractivity contribution is 14.1. The highest BCUT2D eigenvalue weighted by Crippen LogP contribution is 2.33. The molecule has 3 rings (SSSR count). The maximum atomic E-state index is 13.3. The summed E-state index contributed by atoms with van der Waals surface area (Å²) in [4.78, 5) is 2.46. The predicted octanol–water partition coefficient (Wildman–Crippen LogP) is 3.93. The SMILES string of the molecule is Fc1ccc(N2CCCNC3(CCCCC3)C2)c(I)c1. The molecule has 1 aliphatic carbocycles. The Morgan fingerprint density at radius 2 is 1.95 bits per heavy atom. The van der Waals surface area contributed by atoms with E-state index in [-0.39, 0.29) is 11.4 Å². The van der Waals surface area contributed by atoms with Crippen LogP contribution >= 0.6 is 22.6 Å². The average Bonchev–Trinajstić information content (AvgIpc) is 2.63. The van der Waals surface area contributed by atoms with E-state index in [4.69, 9.17) is 0 Å². The number of anilines is 1. The lowest BCUT2D eigenvalue weighted by atomic mass is 9.81. The predicted molar refractivity (Wildman–Crippen MR) is 89.8 cm³/mol. The van der Waals surface area contributed by atoms with E-state index in [1.807, 2.05) is 6.07 Å². The van der Waals surface area contributed by atoms with Crippen LogP contribution in [-0.4, -0.2) is 25.2 Å². The molecular formula is C16H22FIN2. The van der Waals surface area contributed by atoms with Gasteiger partial charge in [-0.2, -0.15) is 0 Å². The molecule has 1 N–H and O–H groups in total. The summed E-state index contributed by atoms with van der Waals surface area (Å²) in [6.45, 7) is 3.24. The molecule has 0 amide bonds. The van der Waals surface area contributed by atoms with Gasteiger partial charge in [0.2, 0.25) is 0 Å². The largest absolute Gasteiger partial charge is 0.369 e. The van der Waals surface area contributed by atoms with Crippen LogP contribution in [0.2, 0.25) is 0 Å². The Balaban J connectivity index is 1.84. The van der Waals surface area contributed by atoms with Crippen molar-refractivity contribution in [2.45, 2.75) is 44.1 Å². The summed E-state index contributed by atoms with van der Waals surface area (Å²) >= 11 is 2.26. The smallest absolute Gasteiger partial charge is 0.124 e. The molecule has 20 heavy (non-hydrogen) atoms. The number of hydrogen-bond acceptors (Lipinski definition) is 2. The summed E-state index contributed by atoms with van der Waals surface area (Å²) in [7, 11) is 0. The van der Waals surface area contributed by atoms with E-state index in [0.717, 1.165) is 29.6 Å². The second kappa shape index (κ2) is 6.18. The van der Waals surface area contributed by atoms with Gasteiger partial charge in [0.1, 0.15) is 5.82 Å². The van der Waals surface area contributed by atoms with Gasteiger partial charge < -0.3 is 10.2 Å². The van der Waals surface area contributed by atoms with Crippen LogP contribution in [0.25, 0.3) is 0 Å². The van der Waals surface area contributed by atoms with Gasteiger partial charge in [-0.15, -0.1) is 0 Å². The fraction of sp³-hybridized carbons (Fsp3) is 0.625. The fourth-order valence-corrected chi connectivity index (χ4v) is 4.45. The minimum absolute atomic E-state index is 0.140. The number of rotatable bonds is 1. The summed E-state index contributed by atoms with van der Waals surface area (Å²) < 4.78 is 14.3. The van der Waals surface area contributed by atoms with Crippen molar-refractivity contribution in [1.29, 1.82) is 0 Å². The molecule has 0 bridgehead atoms. The Bertz CT molecular complexity index is 472.